The number of carbonyl (C=O) groups is 3. The molecule has 0 radical (unpaired) electrons. The number of esters is 1. The van der Waals surface area contributed by atoms with Crippen molar-refractivity contribution in [1.29, 1.82) is 0 Å². The quantitative estimate of drug-likeness (QED) is 0.749. The van der Waals surface area contributed by atoms with Crippen molar-refractivity contribution in [3.05, 3.63) is 34.0 Å². The lowest BCUT2D eigenvalue weighted by Gasteiger charge is -2.13. The first-order valence-electron chi connectivity index (χ1n) is 8.07. The van der Waals surface area contributed by atoms with Crippen LogP contribution in [0.4, 0.5) is 5.00 Å². The molecule has 0 aromatic carbocycles. The second-order valence-electron chi connectivity index (χ2n) is 6.24. The second kappa shape index (κ2) is 7.69. The Labute approximate surface area is 155 Å². The first-order chi connectivity index (χ1) is 12.1. The maximum atomic E-state index is 12.6. The zero-order valence-electron chi connectivity index (χ0n) is 15.3. The fourth-order valence-corrected chi connectivity index (χ4v) is 3.39. The third kappa shape index (κ3) is 4.10. The number of ether oxygens (including phenoxy) is 1. The van der Waals surface area contributed by atoms with Crippen molar-refractivity contribution in [3.8, 4) is 0 Å². The van der Waals surface area contributed by atoms with Gasteiger partial charge in [-0.25, -0.2) is 4.79 Å². The highest BCUT2D eigenvalue weighted by molar-refractivity contribution is 7.18. The molecule has 8 nitrogen and oxygen atoms in total. The Hall–Kier alpha value is -2.68. The number of nitrogens with zero attached hydrogens (tertiary/aromatic N) is 2. The number of carbonyl (C=O) groups excluding carboxylic acids is 3. The van der Waals surface area contributed by atoms with Crippen LogP contribution in [0.3, 0.4) is 0 Å². The van der Waals surface area contributed by atoms with Crippen LogP contribution in [-0.2, 0) is 9.53 Å². The SMILES string of the molecule is Cc1cnn(C(C)C(=O)Nc2sc(C(N)=O)c(C)c2C(=O)OC(C)C)c1. The van der Waals surface area contributed by atoms with Crippen molar-refractivity contribution in [1.82, 2.24) is 9.78 Å². The zero-order chi connectivity index (χ0) is 19.6. The molecule has 0 bridgehead atoms. The van der Waals surface area contributed by atoms with Crippen LogP contribution >= 0.6 is 11.3 Å². The van der Waals surface area contributed by atoms with Gasteiger partial charge in [0.15, 0.2) is 0 Å². The van der Waals surface area contributed by atoms with E-state index in [1.807, 2.05) is 6.92 Å². The van der Waals surface area contributed by atoms with E-state index < -0.39 is 17.9 Å². The van der Waals surface area contributed by atoms with Gasteiger partial charge in [0.05, 0.1) is 22.7 Å². The number of amides is 2. The number of rotatable bonds is 6. The van der Waals surface area contributed by atoms with Crippen LogP contribution in [0.25, 0.3) is 0 Å². The van der Waals surface area contributed by atoms with Gasteiger partial charge in [0.25, 0.3) is 5.91 Å². The van der Waals surface area contributed by atoms with Gasteiger partial charge in [-0.2, -0.15) is 5.10 Å². The van der Waals surface area contributed by atoms with Gasteiger partial charge in [-0.05, 0) is 45.7 Å². The van der Waals surface area contributed by atoms with E-state index in [9.17, 15) is 14.4 Å². The van der Waals surface area contributed by atoms with Crippen LogP contribution in [0, 0.1) is 13.8 Å². The Morgan fingerprint density at radius 3 is 2.42 bits per heavy atom. The minimum Gasteiger partial charge on any atom is -0.459 e. The van der Waals surface area contributed by atoms with Crippen molar-refractivity contribution in [2.45, 2.75) is 46.8 Å². The molecule has 2 amide bonds. The van der Waals surface area contributed by atoms with Gasteiger partial charge in [-0.1, -0.05) is 0 Å². The van der Waals surface area contributed by atoms with E-state index in [4.69, 9.17) is 10.5 Å². The third-order valence-electron chi connectivity index (χ3n) is 3.66. The molecular formula is C17H22N4O4S. The van der Waals surface area contributed by atoms with Gasteiger partial charge in [0, 0.05) is 6.20 Å². The Bertz CT molecular complexity index is 853. The first kappa shape index (κ1) is 19.6. The third-order valence-corrected chi connectivity index (χ3v) is 4.88. The molecule has 3 N–H and O–H groups in total. The number of anilines is 1. The smallest absolute Gasteiger partial charge is 0.341 e. The Kier molecular flexibility index (Phi) is 5.81. The van der Waals surface area contributed by atoms with Gasteiger partial charge in [-0.3, -0.25) is 14.3 Å². The van der Waals surface area contributed by atoms with Gasteiger partial charge in [0.2, 0.25) is 5.91 Å². The zero-order valence-corrected chi connectivity index (χ0v) is 16.1. The fraction of sp³-hybridized carbons (Fsp3) is 0.412. The molecule has 0 fully saturated rings. The molecule has 9 heteroatoms. The average Bonchev–Trinajstić information content (AvgIpc) is 3.09. The summed E-state index contributed by atoms with van der Waals surface area (Å²) in [6, 6.07) is -0.600. The molecule has 1 atom stereocenters. The molecule has 1 unspecified atom stereocenters. The number of hydrogen-bond acceptors (Lipinski definition) is 6. The van der Waals surface area contributed by atoms with Crippen molar-refractivity contribution >= 4 is 34.1 Å². The number of nitrogens with one attached hydrogen (secondary N) is 1. The minimum absolute atomic E-state index is 0.148. The maximum absolute atomic E-state index is 12.6. The van der Waals surface area contributed by atoms with Crippen LogP contribution in [0.2, 0.25) is 0 Å². The minimum atomic E-state index is -0.664. The van der Waals surface area contributed by atoms with Crippen LogP contribution in [0.15, 0.2) is 12.4 Å². The Morgan fingerprint density at radius 1 is 1.27 bits per heavy atom. The molecule has 0 saturated heterocycles. The molecular weight excluding hydrogens is 356 g/mol. The predicted octanol–water partition coefficient (Wildman–Crippen LogP) is 2.43. The standard InChI is InChI=1S/C17H22N4O4S/c1-8(2)25-17(24)12-10(4)13(14(18)22)26-16(12)20-15(23)11(5)21-7-9(3)6-19-21/h6-8,11H,1-5H3,(H2,18,22)(H,20,23). The van der Waals surface area contributed by atoms with E-state index >= 15 is 0 Å². The van der Waals surface area contributed by atoms with Crippen LogP contribution < -0.4 is 11.1 Å². The summed E-state index contributed by atoms with van der Waals surface area (Å²) in [4.78, 5) is 36.8. The van der Waals surface area contributed by atoms with Crippen LogP contribution in [0.1, 0.15) is 58.0 Å². The molecule has 0 spiro atoms. The van der Waals surface area contributed by atoms with Crippen molar-refractivity contribution < 1.29 is 19.1 Å². The van der Waals surface area contributed by atoms with Crippen LogP contribution in [0.5, 0.6) is 0 Å². The highest BCUT2D eigenvalue weighted by Gasteiger charge is 2.27. The first-order valence-corrected chi connectivity index (χ1v) is 8.89. The van der Waals surface area contributed by atoms with Crippen molar-refractivity contribution in [2.75, 3.05) is 5.32 Å². The summed E-state index contributed by atoms with van der Waals surface area (Å²) in [6.45, 7) is 8.59. The normalized spacial score (nSPS) is 12.1. The largest absolute Gasteiger partial charge is 0.459 e. The number of hydrogen-bond donors (Lipinski definition) is 2. The van der Waals surface area contributed by atoms with E-state index in [-0.39, 0.29) is 27.5 Å². The van der Waals surface area contributed by atoms with Crippen LogP contribution in [-0.4, -0.2) is 33.7 Å². The number of nitrogens with two attached hydrogens (primary N) is 1. The van der Waals surface area contributed by atoms with Gasteiger partial charge in [-0.15, -0.1) is 11.3 Å². The molecule has 2 rings (SSSR count). The summed E-state index contributed by atoms with van der Waals surface area (Å²) < 4.78 is 6.75. The highest BCUT2D eigenvalue weighted by Crippen LogP contribution is 2.34. The van der Waals surface area contributed by atoms with E-state index in [0.717, 1.165) is 16.9 Å². The fourth-order valence-electron chi connectivity index (χ4n) is 2.34. The Morgan fingerprint density at radius 2 is 1.92 bits per heavy atom. The molecule has 0 aliphatic heterocycles. The summed E-state index contributed by atoms with van der Waals surface area (Å²) in [5, 5.41) is 7.06. The maximum Gasteiger partial charge on any atom is 0.341 e. The van der Waals surface area contributed by atoms with E-state index in [1.54, 1.807) is 40.1 Å². The van der Waals surface area contributed by atoms with E-state index in [0.29, 0.717) is 5.56 Å². The summed E-state index contributed by atoms with van der Waals surface area (Å²) in [7, 11) is 0. The molecule has 2 aromatic heterocycles. The monoisotopic (exact) mass is 378 g/mol. The lowest BCUT2D eigenvalue weighted by atomic mass is 10.1. The number of aryl methyl sites for hydroxylation is 1. The lowest BCUT2D eigenvalue weighted by Crippen LogP contribution is -2.24. The van der Waals surface area contributed by atoms with Crippen molar-refractivity contribution in [2.24, 2.45) is 5.73 Å². The predicted molar refractivity (Wildman–Crippen MR) is 98.4 cm³/mol. The van der Waals surface area contributed by atoms with E-state index in [2.05, 4.69) is 10.4 Å². The second-order valence-corrected chi connectivity index (χ2v) is 7.26. The molecule has 0 aliphatic rings. The lowest BCUT2D eigenvalue weighted by molar-refractivity contribution is -0.119. The van der Waals surface area contributed by atoms with Gasteiger partial charge < -0.3 is 15.8 Å². The summed E-state index contributed by atoms with van der Waals surface area (Å²) >= 11 is 0.959. The number of thiophene rings is 1. The van der Waals surface area contributed by atoms with Crippen molar-refractivity contribution in [3.63, 3.8) is 0 Å². The van der Waals surface area contributed by atoms with Gasteiger partial charge in [0.1, 0.15) is 11.0 Å². The Balaban J connectivity index is 2.35. The molecule has 2 heterocycles. The number of aromatic nitrogens is 2. The summed E-state index contributed by atoms with van der Waals surface area (Å²) in [5.41, 5.74) is 6.84. The summed E-state index contributed by atoms with van der Waals surface area (Å²) in [5.74, 6) is -1.65. The molecule has 0 aliphatic carbocycles. The molecule has 0 saturated carbocycles. The molecule has 140 valence electrons. The molecule has 2 aromatic rings. The van der Waals surface area contributed by atoms with Gasteiger partial charge >= 0.3 is 5.97 Å². The van der Waals surface area contributed by atoms with E-state index in [1.165, 1.54) is 4.68 Å². The number of primary amides is 1. The topological polar surface area (TPSA) is 116 Å². The average molecular weight is 378 g/mol. The molecule has 26 heavy (non-hydrogen) atoms. The highest BCUT2D eigenvalue weighted by atomic mass is 32.1. The summed E-state index contributed by atoms with van der Waals surface area (Å²) in [6.07, 6.45) is 3.05.